The van der Waals surface area contributed by atoms with E-state index >= 15 is 0 Å². The average molecular weight is 254 g/mol. The van der Waals surface area contributed by atoms with Gasteiger partial charge >= 0.3 is 11.9 Å². The van der Waals surface area contributed by atoms with Gasteiger partial charge in [-0.2, -0.15) is 0 Å². The van der Waals surface area contributed by atoms with Crippen LogP contribution in [-0.4, -0.2) is 26.2 Å². The second kappa shape index (κ2) is 5.72. The van der Waals surface area contributed by atoms with Crippen LogP contribution in [0.1, 0.15) is 38.5 Å². The molecule has 0 aromatic rings. The van der Waals surface area contributed by atoms with E-state index in [0.717, 1.165) is 38.5 Å². The van der Waals surface area contributed by atoms with E-state index < -0.39 is 0 Å². The van der Waals surface area contributed by atoms with Gasteiger partial charge in [0, 0.05) is 0 Å². The molecule has 0 aliphatic heterocycles. The van der Waals surface area contributed by atoms with Gasteiger partial charge in [0.1, 0.15) is 0 Å². The van der Waals surface area contributed by atoms with Gasteiger partial charge in [0.25, 0.3) is 0 Å². The zero-order valence-corrected chi connectivity index (χ0v) is 11.2. The molecule has 0 spiro atoms. The van der Waals surface area contributed by atoms with Crippen molar-refractivity contribution in [2.45, 2.75) is 38.5 Å². The number of rotatable bonds is 2. The Balaban J connectivity index is 1.91. The summed E-state index contributed by atoms with van der Waals surface area (Å²) in [4.78, 5) is 23.1. The number of esters is 2. The van der Waals surface area contributed by atoms with E-state index in [2.05, 4.69) is 0 Å². The highest BCUT2D eigenvalue weighted by atomic mass is 16.5. The smallest absolute Gasteiger partial charge is 0.308 e. The second-order valence-corrected chi connectivity index (χ2v) is 5.59. The maximum absolute atomic E-state index is 11.6. The van der Waals surface area contributed by atoms with Crippen molar-refractivity contribution in [3.05, 3.63) is 0 Å². The molecule has 0 aromatic heterocycles. The normalized spacial score (nSPS) is 35.4. The van der Waals surface area contributed by atoms with Gasteiger partial charge in [0.15, 0.2) is 0 Å². The van der Waals surface area contributed by atoms with Gasteiger partial charge < -0.3 is 9.47 Å². The summed E-state index contributed by atoms with van der Waals surface area (Å²) in [5.74, 6) is 1.19. The van der Waals surface area contributed by atoms with Crippen LogP contribution in [0.25, 0.3) is 0 Å². The van der Waals surface area contributed by atoms with Gasteiger partial charge in [-0.15, -0.1) is 0 Å². The summed E-state index contributed by atoms with van der Waals surface area (Å²) in [6.07, 6.45) is 5.76. The zero-order valence-electron chi connectivity index (χ0n) is 11.2. The lowest BCUT2D eigenvalue weighted by Crippen LogP contribution is -2.36. The molecule has 2 fully saturated rings. The highest BCUT2D eigenvalue weighted by molar-refractivity contribution is 5.73. The van der Waals surface area contributed by atoms with Crippen LogP contribution in [0.5, 0.6) is 0 Å². The van der Waals surface area contributed by atoms with Crippen LogP contribution in [0, 0.1) is 23.7 Å². The first-order valence-corrected chi connectivity index (χ1v) is 6.81. The highest BCUT2D eigenvalue weighted by Gasteiger charge is 2.40. The SMILES string of the molecule is COC(=O)[C@@H]1CC[C@H]2C[C@H](C(=O)OC)CC[C@@H]2C1. The number of carbonyl (C=O) groups is 2. The number of carbonyl (C=O) groups excluding carboxylic acids is 2. The summed E-state index contributed by atoms with van der Waals surface area (Å²) in [5, 5.41) is 0. The van der Waals surface area contributed by atoms with Crippen molar-refractivity contribution < 1.29 is 19.1 Å². The second-order valence-electron chi connectivity index (χ2n) is 5.59. The lowest BCUT2D eigenvalue weighted by molar-refractivity contribution is -0.151. The number of fused-ring (bicyclic) bond motifs is 1. The van der Waals surface area contributed by atoms with E-state index in [1.807, 2.05) is 0 Å². The molecule has 102 valence electrons. The molecular formula is C14H22O4. The summed E-state index contributed by atoms with van der Waals surface area (Å²) in [6, 6.07) is 0. The molecule has 0 unspecified atom stereocenters. The molecule has 2 saturated carbocycles. The predicted octanol–water partition coefficient (Wildman–Crippen LogP) is 2.17. The van der Waals surface area contributed by atoms with Crippen LogP contribution in [0.2, 0.25) is 0 Å². The molecule has 0 bridgehead atoms. The van der Waals surface area contributed by atoms with Crippen molar-refractivity contribution in [1.82, 2.24) is 0 Å². The van der Waals surface area contributed by atoms with Gasteiger partial charge in [-0.25, -0.2) is 0 Å². The molecule has 2 rings (SSSR count). The van der Waals surface area contributed by atoms with E-state index in [9.17, 15) is 9.59 Å². The quantitative estimate of drug-likeness (QED) is 0.709. The molecular weight excluding hydrogens is 232 g/mol. The van der Waals surface area contributed by atoms with Gasteiger partial charge in [-0.3, -0.25) is 9.59 Å². The van der Waals surface area contributed by atoms with Crippen molar-refractivity contribution in [1.29, 1.82) is 0 Å². The third-order valence-corrected chi connectivity index (χ3v) is 4.68. The van der Waals surface area contributed by atoms with Crippen LogP contribution in [-0.2, 0) is 19.1 Å². The Labute approximate surface area is 108 Å². The Hall–Kier alpha value is -1.06. The standard InChI is InChI=1S/C14H22O4/c1-17-13(15)11-5-3-10-8-12(14(16)18-2)6-4-9(10)7-11/h9-12H,3-8H2,1-2H3/t9-,10+,11-,12-/m1/s1. The Morgan fingerprint density at radius 1 is 0.778 bits per heavy atom. The number of hydrogen-bond acceptors (Lipinski definition) is 4. The third-order valence-electron chi connectivity index (χ3n) is 4.68. The van der Waals surface area contributed by atoms with Crippen LogP contribution in [0.4, 0.5) is 0 Å². The fourth-order valence-corrected chi connectivity index (χ4v) is 3.65. The van der Waals surface area contributed by atoms with Gasteiger partial charge in [-0.05, 0) is 50.4 Å². The first kappa shape index (κ1) is 13.4. The Morgan fingerprint density at radius 3 is 1.50 bits per heavy atom. The minimum absolute atomic E-state index is 0.0662. The maximum Gasteiger partial charge on any atom is 0.308 e. The summed E-state index contributed by atoms with van der Waals surface area (Å²) >= 11 is 0. The minimum Gasteiger partial charge on any atom is -0.469 e. The van der Waals surface area contributed by atoms with Crippen LogP contribution >= 0.6 is 0 Å². The summed E-state index contributed by atoms with van der Waals surface area (Å²) < 4.78 is 9.67. The molecule has 0 radical (unpaired) electrons. The maximum atomic E-state index is 11.6. The van der Waals surface area contributed by atoms with E-state index in [1.165, 1.54) is 14.2 Å². The van der Waals surface area contributed by atoms with Crippen LogP contribution in [0.3, 0.4) is 0 Å². The molecule has 0 amide bonds. The molecule has 18 heavy (non-hydrogen) atoms. The fourth-order valence-electron chi connectivity index (χ4n) is 3.65. The van der Waals surface area contributed by atoms with Crippen LogP contribution < -0.4 is 0 Å². The molecule has 0 N–H and O–H groups in total. The third kappa shape index (κ3) is 2.68. The zero-order chi connectivity index (χ0) is 13.1. The predicted molar refractivity (Wildman–Crippen MR) is 65.7 cm³/mol. The van der Waals surface area contributed by atoms with Gasteiger partial charge in [-0.1, -0.05) is 0 Å². The lowest BCUT2D eigenvalue weighted by Gasteiger charge is -2.40. The number of methoxy groups -OCH3 is 2. The molecule has 0 heterocycles. The molecule has 0 aromatic carbocycles. The van der Waals surface area contributed by atoms with Crippen molar-refractivity contribution in [2.24, 2.45) is 23.7 Å². The summed E-state index contributed by atoms with van der Waals surface area (Å²) in [6.45, 7) is 0. The van der Waals surface area contributed by atoms with Crippen molar-refractivity contribution in [3.63, 3.8) is 0 Å². The number of ether oxygens (including phenoxy) is 2. The van der Waals surface area contributed by atoms with E-state index in [4.69, 9.17) is 9.47 Å². The Morgan fingerprint density at radius 2 is 1.17 bits per heavy atom. The molecule has 2 aliphatic carbocycles. The molecule has 0 saturated heterocycles. The van der Waals surface area contributed by atoms with Crippen molar-refractivity contribution in [3.8, 4) is 0 Å². The van der Waals surface area contributed by atoms with E-state index in [0.29, 0.717) is 11.8 Å². The highest BCUT2D eigenvalue weighted by Crippen LogP contribution is 2.45. The fraction of sp³-hybridized carbons (Fsp3) is 0.857. The first-order chi connectivity index (χ1) is 8.65. The monoisotopic (exact) mass is 254 g/mol. The van der Waals surface area contributed by atoms with Crippen LogP contribution in [0.15, 0.2) is 0 Å². The Bertz CT molecular complexity index is 294. The minimum atomic E-state index is -0.0662. The molecule has 4 nitrogen and oxygen atoms in total. The molecule has 4 atom stereocenters. The van der Waals surface area contributed by atoms with Gasteiger partial charge in [0.2, 0.25) is 0 Å². The Kier molecular flexibility index (Phi) is 4.25. The van der Waals surface area contributed by atoms with Crippen molar-refractivity contribution in [2.75, 3.05) is 14.2 Å². The van der Waals surface area contributed by atoms with E-state index in [-0.39, 0.29) is 23.8 Å². The molecule has 4 heteroatoms. The summed E-state index contributed by atoms with van der Waals surface area (Å²) in [7, 11) is 2.92. The average Bonchev–Trinajstić information content (AvgIpc) is 2.44. The van der Waals surface area contributed by atoms with Gasteiger partial charge in [0.05, 0.1) is 26.1 Å². The largest absolute Gasteiger partial charge is 0.469 e. The van der Waals surface area contributed by atoms with E-state index in [1.54, 1.807) is 0 Å². The lowest BCUT2D eigenvalue weighted by atomic mass is 9.65. The number of hydrogen-bond donors (Lipinski definition) is 0. The molecule has 2 aliphatic rings. The summed E-state index contributed by atoms with van der Waals surface area (Å²) in [5.41, 5.74) is 0. The topological polar surface area (TPSA) is 52.6 Å². The first-order valence-electron chi connectivity index (χ1n) is 6.81. The van der Waals surface area contributed by atoms with Crippen molar-refractivity contribution >= 4 is 11.9 Å².